The Hall–Kier alpha value is -3.34. The Morgan fingerprint density at radius 2 is 1.77 bits per heavy atom. The first-order valence-electron chi connectivity index (χ1n) is 12.5. The number of aliphatic hydroxyl groups is 1. The molecule has 1 amide bonds. The molecule has 43 heavy (non-hydrogen) atoms. The molecule has 5 N–H and O–H groups in total. The van der Waals surface area contributed by atoms with Gasteiger partial charge in [0, 0.05) is 26.9 Å². The highest BCUT2D eigenvalue weighted by Gasteiger charge is 2.51. The number of nitrogens with one attached hydrogen (secondary N) is 3. The topological polar surface area (TPSA) is 154 Å². The summed E-state index contributed by atoms with van der Waals surface area (Å²) in [6.07, 6.45) is -5.16. The minimum absolute atomic E-state index is 0.00153. The first kappa shape index (κ1) is 32.6. The Morgan fingerprint density at radius 3 is 2.40 bits per heavy atom. The van der Waals surface area contributed by atoms with E-state index in [1.165, 1.54) is 12.1 Å². The second-order valence-corrected chi connectivity index (χ2v) is 13.7. The highest BCUT2D eigenvalue weighted by atomic mass is 35.5. The summed E-state index contributed by atoms with van der Waals surface area (Å²) in [5, 5.41) is 22.1. The van der Waals surface area contributed by atoms with Crippen LogP contribution in [0, 0.1) is 0 Å². The lowest BCUT2D eigenvalue weighted by atomic mass is 9.94. The summed E-state index contributed by atoms with van der Waals surface area (Å²) in [5.41, 5.74) is -3.81. The van der Waals surface area contributed by atoms with Crippen LogP contribution in [-0.2, 0) is 15.8 Å². The van der Waals surface area contributed by atoms with Gasteiger partial charge in [0.2, 0.25) is 0 Å². The molecular formula is C27H27ClF3N5O5S2. The molecule has 0 bridgehead atoms. The monoisotopic (exact) mass is 657 g/mol. The van der Waals surface area contributed by atoms with Crippen LogP contribution in [0.3, 0.4) is 0 Å². The third-order valence-corrected chi connectivity index (χ3v) is 9.09. The van der Waals surface area contributed by atoms with Crippen molar-refractivity contribution in [2.45, 2.75) is 51.1 Å². The van der Waals surface area contributed by atoms with Crippen molar-refractivity contribution in [3.8, 4) is 11.3 Å². The summed E-state index contributed by atoms with van der Waals surface area (Å²) in [6, 6.07) is 10.4. The molecule has 4 rings (SSSR count). The number of nitrogens with zero attached hydrogens (tertiary/aromatic N) is 2. The van der Waals surface area contributed by atoms with E-state index in [-0.39, 0.29) is 22.2 Å². The van der Waals surface area contributed by atoms with Gasteiger partial charge < -0.3 is 10.2 Å². The van der Waals surface area contributed by atoms with Gasteiger partial charge in [-0.3, -0.25) is 10.3 Å². The lowest BCUT2D eigenvalue weighted by Gasteiger charge is -2.26. The molecule has 1 aromatic carbocycles. The fourth-order valence-electron chi connectivity index (χ4n) is 4.15. The van der Waals surface area contributed by atoms with E-state index in [0.717, 1.165) is 29.7 Å². The van der Waals surface area contributed by atoms with Crippen LogP contribution in [0.5, 0.6) is 0 Å². The van der Waals surface area contributed by atoms with Crippen molar-refractivity contribution in [1.29, 1.82) is 0 Å². The van der Waals surface area contributed by atoms with Crippen LogP contribution in [0.15, 0.2) is 54.7 Å². The second-order valence-electron chi connectivity index (χ2n) is 10.8. The Balaban J connectivity index is 1.88. The average Bonchev–Trinajstić information content (AvgIpc) is 3.30. The van der Waals surface area contributed by atoms with Gasteiger partial charge in [-0.25, -0.2) is 9.78 Å². The fraction of sp³-hybridized carbons (Fsp3) is 0.296. The lowest BCUT2D eigenvalue weighted by Crippen LogP contribution is -2.48. The van der Waals surface area contributed by atoms with Crippen molar-refractivity contribution in [3.63, 3.8) is 0 Å². The maximum absolute atomic E-state index is 13.5. The van der Waals surface area contributed by atoms with Crippen molar-refractivity contribution >= 4 is 55.1 Å². The SMILES string of the molecule is CC(C)(C)NS(=O)(=O)NC(c1cc2cccc(-c3cc(C(C)(O)C(F)(F)F)ccn3)c2s1)c1nc(NC(=O)O)ccc1Cl. The summed E-state index contributed by atoms with van der Waals surface area (Å²) < 4.78 is 72.6. The number of aromatic nitrogens is 2. The van der Waals surface area contributed by atoms with E-state index in [1.807, 2.05) is 0 Å². The van der Waals surface area contributed by atoms with E-state index in [0.29, 0.717) is 27.5 Å². The fourth-order valence-corrected chi connectivity index (χ4v) is 7.09. The number of carboxylic acid groups (broad SMARTS) is 1. The van der Waals surface area contributed by atoms with Gasteiger partial charge in [-0.2, -0.15) is 31.0 Å². The van der Waals surface area contributed by atoms with Crippen molar-refractivity contribution < 1.29 is 36.6 Å². The van der Waals surface area contributed by atoms with Crippen LogP contribution < -0.4 is 14.8 Å². The molecule has 2 unspecified atom stereocenters. The summed E-state index contributed by atoms with van der Waals surface area (Å²) >= 11 is 7.56. The molecule has 0 aliphatic heterocycles. The minimum atomic E-state index is -4.94. The van der Waals surface area contributed by atoms with E-state index < -0.39 is 45.2 Å². The van der Waals surface area contributed by atoms with Crippen LogP contribution >= 0.6 is 22.9 Å². The number of alkyl halides is 3. The minimum Gasteiger partial charge on any atom is -0.465 e. The molecule has 230 valence electrons. The average molecular weight is 658 g/mol. The Bertz CT molecular complexity index is 1790. The maximum atomic E-state index is 13.5. The molecule has 0 spiro atoms. The number of anilines is 1. The van der Waals surface area contributed by atoms with Crippen molar-refractivity contribution in [1.82, 2.24) is 19.4 Å². The van der Waals surface area contributed by atoms with Crippen molar-refractivity contribution in [3.05, 3.63) is 75.9 Å². The molecule has 16 heteroatoms. The number of amides is 1. The van der Waals surface area contributed by atoms with E-state index >= 15 is 0 Å². The smallest absolute Gasteiger partial charge is 0.421 e. The molecule has 10 nitrogen and oxygen atoms in total. The third-order valence-electron chi connectivity index (χ3n) is 6.09. The van der Waals surface area contributed by atoms with Crippen LogP contribution in [0.2, 0.25) is 5.02 Å². The van der Waals surface area contributed by atoms with Crippen molar-refractivity contribution in [2.75, 3.05) is 5.32 Å². The van der Waals surface area contributed by atoms with Gasteiger partial charge in [-0.15, -0.1) is 11.3 Å². The molecule has 3 aromatic heterocycles. The van der Waals surface area contributed by atoms with Gasteiger partial charge in [0.05, 0.1) is 16.4 Å². The second kappa shape index (κ2) is 11.6. The standard InChI is InChI=1S/C27H27ClF3N5O5S2/c1-25(2,3)36-43(40,41)35-22(21-17(28)8-9-20(33-21)34-24(37)38)19-12-14-6-5-7-16(23(14)42-19)18-13-15(10-11-32-18)26(4,39)27(29,30)31/h5-13,22,35-36,39H,1-4H3,(H,33,34)(H,37,38). The maximum Gasteiger partial charge on any atom is 0.421 e. The number of rotatable bonds is 8. The Labute approximate surface area is 254 Å². The van der Waals surface area contributed by atoms with E-state index in [2.05, 4.69) is 24.7 Å². The number of hydrogen-bond donors (Lipinski definition) is 5. The summed E-state index contributed by atoms with van der Waals surface area (Å²) in [4.78, 5) is 20.1. The van der Waals surface area contributed by atoms with Gasteiger partial charge in [-0.05, 0) is 69.0 Å². The van der Waals surface area contributed by atoms with E-state index in [4.69, 9.17) is 16.7 Å². The summed E-state index contributed by atoms with van der Waals surface area (Å²) in [5.74, 6) is -0.0978. The predicted molar refractivity (Wildman–Crippen MR) is 158 cm³/mol. The van der Waals surface area contributed by atoms with E-state index in [9.17, 15) is 31.5 Å². The molecule has 0 saturated heterocycles. The lowest BCUT2D eigenvalue weighted by molar-refractivity contribution is -0.258. The van der Waals surface area contributed by atoms with Crippen LogP contribution in [0.25, 0.3) is 21.3 Å². The molecule has 0 radical (unpaired) electrons. The summed E-state index contributed by atoms with van der Waals surface area (Å²) in [7, 11) is -4.20. The Kier molecular flexibility index (Phi) is 8.81. The molecule has 0 aliphatic rings. The molecule has 0 fully saturated rings. The predicted octanol–water partition coefficient (Wildman–Crippen LogP) is 6.18. The molecular weight excluding hydrogens is 631 g/mol. The quantitative estimate of drug-likeness (QED) is 0.152. The molecule has 0 aliphatic carbocycles. The zero-order chi connectivity index (χ0) is 32.0. The van der Waals surface area contributed by atoms with Gasteiger partial charge >= 0.3 is 12.3 Å². The molecule has 3 heterocycles. The van der Waals surface area contributed by atoms with Gasteiger partial charge in [0.15, 0.2) is 5.60 Å². The number of thiophene rings is 1. The zero-order valence-corrected chi connectivity index (χ0v) is 25.5. The first-order valence-corrected chi connectivity index (χ1v) is 15.2. The number of pyridine rings is 2. The highest BCUT2D eigenvalue weighted by Crippen LogP contribution is 2.42. The number of hydrogen-bond acceptors (Lipinski definition) is 7. The van der Waals surface area contributed by atoms with Gasteiger partial charge in [0.1, 0.15) is 11.9 Å². The number of benzene rings is 1. The molecule has 0 saturated carbocycles. The summed E-state index contributed by atoms with van der Waals surface area (Å²) in [6.45, 7) is 5.59. The van der Waals surface area contributed by atoms with Gasteiger partial charge in [0.25, 0.3) is 10.2 Å². The normalized spacial score (nSPS) is 14.8. The largest absolute Gasteiger partial charge is 0.465 e. The van der Waals surface area contributed by atoms with Crippen molar-refractivity contribution in [2.24, 2.45) is 0 Å². The first-order chi connectivity index (χ1) is 19.8. The third kappa shape index (κ3) is 7.42. The van der Waals surface area contributed by atoms with Crippen LogP contribution in [-0.4, -0.2) is 46.4 Å². The number of carbonyl (C=O) groups is 1. The Morgan fingerprint density at radius 1 is 1.07 bits per heavy atom. The zero-order valence-electron chi connectivity index (χ0n) is 23.1. The van der Waals surface area contributed by atoms with Gasteiger partial charge in [-0.1, -0.05) is 29.8 Å². The van der Waals surface area contributed by atoms with Crippen LogP contribution in [0.4, 0.5) is 23.8 Å². The highest BCUT2D eigenvalue weighted by molar-refractivity contribution is 7.87. The number of fused-ring (bicyclic) bond motifs is 1. The molecule has 4 aromatic rings. The van der Waals surface area contributed by atoms with E-state index in [1.54, 1.807) is 45.0 Å². The molecule has 2 atom stereocenters. The number of halogens is 4. The van der Waals surface area contributed by atoms with Crippen LogP contribution in [0.1, 0.15) is 49.9 Å².